The summed E-state index contributed by atoms with van der Waals surface area (Å²) < 4.78 is 37.9. The number of piperazine rings is 1. The lowest BCUT2D eigenvalue weighted by Gasteiger charge is -2.42. The summed E-state index contributed by atoms with van der Waals surface area (Å²) in [5, 5.41) is 10.2. The van der Waals surface area contributed by atoms with Gasteiger partial charge in [-0.3, -0.25) is 9.62 Å². The smallest absolute Gasteiger partial charge is 0.352 e. The Bertz CT molecular complexity index is 1890. The van der Waals surface area contributed by atoms with Crippen LogP contribution in [0.15, 0.2) is 48.7 Å². The highest BCUT2D eigenvalue weighted by Crippen LogP contribution is 2.37. The molecule has 0 atom stereocenters. The minimum atomic E-state index is -3.37. The van der Waals surface area contributed by atoms with E-state index in [-0.39, 0.29) is 16.6 Å². The number of nitrogens with two attached hydrogens (primary N) is 1. The summed E-state index contributed by atoms with van der Waals surface area (Å²) in [6.45, 7) is 16.4. The van der Waals surface area contributed by atoms with Crippen LogP contribution in [0.25, 0.3) is 10.9 Å². The first-order chi connectivity index (χ1) is 22.3. The van der Waals surface area contributed by atoms with Crippen LogP contribution >= 0.6 is 0 Å². The van der Waals surface area contributed by atoms with E-state index in [4.69, 9.17) is 15.2 Å². The molecule has 2 aromatic carbocycles. The second-order valence-electron chi connectivity index (χ2n) is 13.8. The van der Waals surface area contributed by atoms with Crippen molar-refractivity contribution in [3.8, 4) is 17.4 Å². The Morgan fingerprint density at radius 1 is 1.02 bits per heavy atom. The Morgan fingerprint density at radius 2 is 1.69 bits per heavy atom. The SMILES string of the molecule is COc1c(N)cc(C(C)(C)C)cc1NS(C)(=O)=O.Cn1c(C(=O)O)cc2cccc(Oc3ccnc(N4CCN(C(C)(C)C)CC4)n3)c21. The molecular weight excluding hydrogens is 634 g/mol. The molecule has 14 heteroatoms. The molecular formula is C34H47N7O6S. The highest BCUT2D eigenvalue weighted by atomic mass is 32.2. The molecule has 0 aliphatic carbocycles. The first-order valence-electron chi connectivity index (χ1n) is 15.6. The van der Waals surface area contributed by atoms with Gasteiger partial charge in [-0.05, 0) is 56.0 Å². The number of carboxylic acids is 1. The van der Waals surface area contributed by atoms with Gasteiger partial charge < -0.3 is 29.8 Å². The summed E-state index contributed by atoms with van der Waals surface area (Å²) in [6, 6.07) is 12.4. The van der Waals surface area contributed by atoms with Crippen LogP contribution in [0.5, 0.6) is 17.4 Å². The van der Waals surface area contributed by atoms with E-state index in [2.05, 4.69) is 45.3 Å². The molecule has 13 nitrogen and oxygen atoms in total. The number of para-hydroxylation sites is 1. The van der Waals surface area contributed by atoms with Crippen LogP contribution in [0.3, 0.4) is 0 Å². The lowest BCUT2D eigenvalue weighted by molar-refractivity contribution is 0.0687. The molecule has 1 aliphatic heterocycles. The quantitative estimate of drug-likeness (QED) is 0.216. The maximum absolute atomic E-state index is 11.5. The van der Waals surface area contributed by atoms with Gasteiger partial charge >= 0.3 is 5.97 Å². The van der Waals surface area contributed by atoms with Crippen LogP contribution in [0.4, 0.5) is 17.3 Å². The summed E-state index contributed by atoms with van der Waals surface area (Å²) in [7, 11) is -0.199. The topological polar surface area (TPSA) is 165 Å². The van der Waals surface area contributed by atoms with Crippen molar-refractivity contribution in [2.45, 2.75) is 52.5 Å². The van der Waals surface area contributed by atoms with Gasteiger partial charge in [0, 0.05) is 56.4 Å². The normalized spacial score (nSPS) is 14.3. The van der Waals surface area contributed by atoms with Crippen LogP contribution in [-0.4, -0.2) is 84.0 Å². The molecule has 260 valence electrons. The third kappa shape index (κ3) is 8.66. The number of aryl methyl sites for hydroxylation is 1. The Kier molecular flexibility index (Phi) is 10.5. The average molecular weight is 682 g/mol. The monoisotopic (exact) mass is 681 g/mol. The number of benzene rings is 2. The summed E-state index contributed by atoms with van der Waals surface area (Å²) >= 11 is 0. The molecule has 0 saturated carbocycles. The minimum absolute atomic E-state index is 0.131. The highest BCUT2D eigenvalue weighted by Gasteiger charge is 2.27. The van der Waals surface area contributed by atoms with Crippen LogP contribution in [0, 0.1) is 0 Å². The standard InChI is InChI=1S/C22H27N5O3.C12H20N2O3S/c1-22(2,3)27-12-10-26(11-13-27)21-23-9-8-18(24-21)30-17-7-5-6-15-14-16(20(28)29)25(4)19(15)17;1-12(2,3)8-6-9(13)11(17-4)10(7-8)14-18(5,15)16/h5-9,14H,10-13H2,1-4H3,(H,28,29);6-7,14H,13H2,1-5H3. The molecule has 4 N–H and O–H groups in total. The zero-order chi connectivity index (χ0) is 35.6. The molecule has 0 unspecified atom stereocenters. The van der Waals surface area contributed by atoms with Gasteiger partial charge in [-0.2, -0.15) is 4.98 Å². The number of sulfonamides is 1. The van der Waals surface area contributed by atoms with E-state index >= 15 is 0 Å². The van der Waals surface area contributed by atoms with E-state index in [1.54, 1.807) is 42.1 Å². The van der Waals surface area contributed by atoms with E-state index in [1.807, 2.05) is 39.0 Å². The lowest BCUT2D eigenvalue weighted by Crippen LogP contribution is -2.53. The number of aromatic carboxylic acids is 1. The Morgan fingerprint density at radius 3 is 2.25 bits per heavy atom. The van der Waals surface area contributed by atoms with Crippen molar-refractivity contribution in [3.05, 3.63) is 59.9 Å². The number of rotatable bonds is 7. The van der Waals surface area contributed by atoms with Gasteiger partial charge in [0.25, 0.3) is 0 Å². The second-order valence-corrected chi connectivity index (χ2v) is 15.5. The summed E-state index contributed by atoms with van der Waals surface area (Å²) in [6.07, 6.45) is 2.79. The number of nitrogen functional groups attached to an aromatic ring is 1. The van der Waals surface area contributed by atoms with E-state index in [1.165, 1.54) is 7.11 Å². The summed E-state index contributed by atoms with van der Waals surface area (Å²) in [5.74, 6) is 1.01. The van der Waals surface area contributed by atoms with Crippen molar-refractivity contribution in [2.24, 2.45) is 7.05 Å². The fourth-order valence-corrected chi connectivity index (χ4v) is 6.04. The van der Waals surface area contributed by atoms with Crippen molar-refractivity contribution in [1.82, 2.24) is 19.4 Å². The number of methoxy groups -OCH3 is 1. The molecule has 1 fully saturated rings. The van der Waals surface area contributed by atoms with Gasteiger partial charge in [-0.15, -0.1) is 0 Å². The van der Waals surface area contributed by atoms with Gasteiger partial charge in [0.1, 0.15) is 5.69 Å². The molecule has 48 heavy (non-hydrogen) atoms. The minimum Gasteiger partial charge on any atom is -0.492 e. The maximum Gasteiger partial charge on any atom is 0.352 e. The van der Waals surface area contributed by atoms with Crippen molar-refractivity contribution in [3.63, 3.8) is 0 Å². The van der Waals surface area contributed by atoms with Gasteiger partial charge in [0.05, 0.1) is 30.3 Å². The number of hydrogen-bond acceptors (Lipinski definition) is 10. The third-order valence-electron chi connectivity index (χ3n) is 8.06. The van der Waals surface area contributed by atoms with E-state index in [0.29, 0.717) is 40.2 Å². The Balaban J connectivity index is 0.000000248. The zero-order valence-electron chi connectivity index (χ0n) is 29.2. The van der Waals surface area contributed by atoms with Crippen molar-refractivity contribution in [1.29, 1.82) is 0 Å². The highest BCUT2D eigenvalue weighted by molar-refractivity contribution is 7.92. The molecule has 3 heterocycles. The summed E-state index contributed by atoms with van der Waals surface area (Å²) in [4.78, 5) is 25.1. The molecule has 1 aliphatic rings. The number of anilines is 3. The lowest BCUT2D eigenvalue weighted by atomic mass is 9.86. The maximum atomic E-state index is 11.5. The van der Waals surface area contributed by atoms with Crippen LogP contribution < -0.4 is 24.8 Å². The van der Waals surface area contributed by atoms with Crippen LogP contribution in [0.2, 0.25) is 0 Å². The predicted octanol–water partition coefficient (Wildman–Crippen LogP) is 5.33. The first kappa shape index (κ1) is 36.3. The van der Waals surface area contributed by atoms with Gasteiger partial charge in [0.2, 0.25) is 21.9 Å². The number of fused-ring (bicyclic) bond motifs is 1. The largest absolute Gasteiger partial charge is 0.492 e. The number of nitrogens with one attached hydrogen (secondary N) is 1. The molecule has 0 radical (unpaired) electrons. The molecule has 4 aromatic rings. The van der Waals surface area contributed by atoms with Crippen molar-refractivity contribution in [2.75, 3.05) is 54.9 Å². The van der Waals surface area contributed by atoms with Crippen LogP contribution in [-0.2, 0) is 22.5 Å². The van der Waals surface area contributed by atoms with Gasteiger partial charge in [-0.1, -0.05) is 32.9 Å². The molecule has 0 bridgehead atoms. The fourth-order valence-electron chi connectivity index (χ4n) is 5.49. The number of hydrogen-bond donors (Lipinski definition) is 3. The second kappa shape index (κ2) is 13.9. The van der Waals surface area contributed by atoms with Gasteiger partial charge in [-0.25, -0.2) is 18.2 Å². The molecule has 1 saturated heterocycles. The number of carboxylic acid groups (broad SMARTS) is 1. The molecule has 0 amide bonds. The Hall–Kier alpha value is -4.56. The van der Waals surface area contributed by atoms with E-state index < -0.39 is 16.0 Å². The van der Waals surface area contributed by atoms with Crippen LogP contribution in [0.1, 0.15) is 57.6 Å². The molecule has 5 rings (SSSR count). The van der Waals surface area contributed by atoms with Gasteiger partial charge in [0.15, 0.2) is 11.5 Å². The van der Waals surface area contributed by atoms with E-state index in [0.717, 1.165) is 43.4 Å². The number of aromatic nitrogens is 3. The Labute approximate surface area is 282 Å². The first-order valence-corrected chi connectivity index (χ1v) is 17.5. The van der Waals surface area contributed by atoms with Crippen molar-refractivity contribution < 1.29 is 27.8 Å². The third-order valence-corrected chi connectivity index (χ3v) is 8.66. The fraction of sp³-hybridized carbons (Fsp3) is 0.441. The average Bonchev–Trinajstić information content (AvgIpc) is 3.33. The number of nitrogens with zero attached hydrogens (tertiary/aromatic N) is 5. The van der Waals surface area contributed by atoms with Crippen molar-refractivity contribution >= 4 is 44.2 Å². The molecule has 0 spiro atoms. The number of carbonyl (C=O) groups is 1. The number of ether oxygens (including phenoxy) is 2. The predicted molar refractivity (Wildman–Crippen MR) is 190 cm³/mol. The summed E-state index contributed by atoms with van der Waals surface area (Å²) in [5.41, 5.74) is 8.55. The zero-order valence-corrected chi connectivity index (χ0v) is 30.0. The van der Waals surface area contributed by atoms with E-state index in [9.17, 15) is 18.3 Å². The molecule has 2 aromatic heterocycles.